The molecule has 0 bridgehead atoms. The van der Waals surface area contributed by atoms with E-state index in [1.54, 1.807) is 22.9 Å². The SMILES string of the molecule is Cc1cc(CN(C)C(=O)C=Cc2ccc(N3CCCC3=O)cc2)no1. The zero-order valence-electron chi connectivity index (χ0n) is 14.4. The molecule has 1 fully saturated rings. The predicted molar refractivity (Wildman–Crippen MR) is 94.8 cm³/mol. The van der Waals surface area contributed by atoms with Crippen molar-refractivity contribution in [3.05, 3.63) is 53.4 Å². The summed E-state index contributed by atoms with van der Waals surface area (Å²) in [5, 5.41) is 3.88. The Morgan fingerprint density at radius 1 is 1.36 bits per heavy atom. The highest BCUT2D eigenvalue weighted by Crippen LogP contribution is 2.21. The molecule has 1 aliphatic heterocycles. The van der Waals surface area contributed by atoms with Crippen molar-refractivity contribution in [2.75, 3.05) is 18.5 Å². The van der Waals surface area contributed by atoms with Crippen LogP contribution in [0.15, 0.2) is 40.9 Å². The van der Waals surface area contributed by atoms with Gasteiger partial charge in [-0.3, -0.25) is 9.59 Å². The zero-order valence-corrected chi connectivity index (χ0v) is 14.4. The molecule has 0 spiro atoms. The summed E-state index contributed by atoms with van der Waals surface area (Å²) in [7, 11) is 1.72. The van der Waals surface area contributed by atoms with Crippen LogP contribution in [0.4, 0.5) is 5.69 Å². The number of nitrogens with zero attached hydrogens (tertiary/aromatic N) is 3. The molecule has 3 rings (SSSR count). The van der Waals surface area contributed by atoms with Crippen LogP contribution < -0.4 is 4.90 Å². The van der Waals surface area contributed by atoms with Crippen LogP contribution in [0.2, 0.25) is 0 Å². The van der Waals surface area contributed by atoms with Gasteiger partial charge in [-0.2, -0.15) is 0 Å². The van der Waals surface area contributed by atoms with Crippen LogP contribution >= 0.6 is 0 Å². The van der Waals surface area contributed by atoms with E-state index < -0.39 is 0 Å². The number of carbonyl (C=O) groups is 2. The number of anilines is 1. The molecule has 1 saturated heterocycles. The molecule has 0 radical (unpaired) electrons. The molecule has 0 N–H and O–H groups in total. The molecule has 0 unspecified atom stereocenters. The average Bonchev–Trinajstić information content (AvgIpc) is 3.21. The second-order valence-electron chi connectivity index (χ2n) is 6.20. The van der Waals surface area contributed by atoms with Gasteiger partial charge in [0, 0.05) is 37.8 Å². The largest absolute Gasteiger partial charge is 0.361 e. The van der Waals surface area contributed by atoms with E-state index in [1.165, 1.54) is 6.08 Å². The van der Waals surface area contributed by atoms with Crippen LogP contribution in [0.5, 0.6) is 0 Å². The second-order valence-corrected chi connectivity index (χ2v) is 6.20. The van der Waals surface area contributed by atoms with E-state index in [1.807, 2.05) is 37.3 Å². The molecule has 130 valence electrons. The Morgan fingerprint density at radius 3 is 2.72 bits per heavy atom. The quantitative estimate of drug-likeness (QED) is 0.786. The lowest BCUT2D eigenvalue weighted by molar-refractivity contribution is -0.125. The Kier molecular flexibility index (Phi) is 4.97. The van der Waals surface area contributed by atoms with Crippen LogP contribution in [0.25, 0.3) is 6.08 Å². The van der Waals surface area contributed by atoms with Gasteiger partial charge in [-0.25, -0.2) is 0 Å². The number of rotatable bonds is 5. The van der Waals surface area contributed by atoms with Crippen molar-refractivity contribution in [3.8, 4) is 0 Å². The molecule has 1 aliphatic rings. The van der Waals surface area contributed by atoms with Crippen LogP contribution in [0.1, 0.15) is 29.9 Å². The van der Waals surface area contributed by atoms with E-state index in [-0.39, 0.29) is 11.8 Å². The number of benzene rings is 1. The van der Waals surface area contributed by atoms with Gasteiger partial charge >= 0.3 is 0 Å². The molecule has 0 aliphatic carbocycles. The topological polar surface area (TPSA) is 66.7 Å². The summed E-state index contributed by atoms with van der Waals surface area (Å²) in [4.78, 5) is 27.3. The Labute approximate surface area is 146 Å². The number of hydrogen-bond acceptors (Lipinski definition) is 4. The van der Waals surface area contributed by atoms with Gasteiger partial charge in [0.15, 0.2) is 0 Å². The van der Waals surface area contributed by atoms with Gasteiger partial charge in [-0.05, 0) is 37.1 Å². The molecule has 2 aromatic rings. The molecular weight excluding hydrogens is 318 g/mol. The number of likely N-dealkylation sites (N-methyl/N-ethyl adjacent to an activating group) is 1. The highest BCUT2D eigenvalue weighted by atomic mass is 16.5. The lowest BCUT2D eigenvalue weighted by Crippen LogP contribution is -2.24. The molecule has 0 atom stereocenters. The molecule has 0 saturated carbocycles. The maximum absolute atomic E-state index is 12.2. The summed E-state index contributed by atoms with van der Waals surface area (Å²) in [5.41, 5.74) is 2.54. The Balaban J connectivity index is 1.59. The fraction of sp³-hybridized carbons (Fsp3) is 0.316. The lowest BCUT2D eigenvalue weighted by Gasteiger charge is -2.15. The molecule has 1 aromatic heterocycles. The monoisotopic (exact) mass is 339 g/mol. The van der Waals surface area contributed by atoms with Crippen molar-refractivity contribution in [2.24, 2.45) is 0 Å². The first-order chi connectivity index (χ1) is 12.0. The molecule has 2 heterocycles. The third-order valence-electron chi connectivity index (χ3n) is 4.15. The first kappa shape index (κ1) is 17.0. The first-order valence-corrected chi connectivity index (χ1v) is 8.29. The minimum atomic E-state index is -0.112. The molecule has 6 nitrogen and oxygen atoms in total. The summed E-state index contributed by atoms with van der Waals surface area (Å²) in [5.74, 6) is 0.783. The first-order valence-electron chi connectivity index (χ1n) is 8.29. The number of aromatic nitrogens is 1. The third-order valence-corrected chi connectivity index (χ3v) is 4.15. The van der Waals surface area contributed by atoms with Crippen molar-refractivity contribution in [1.82, 2.24) is 10.1 Å². The van der Waals surface area contributed by atoms with Crippen molar-refractivity contribution in [2.45, 2.75) is 26.3 Å². The Hall–Kier alpha value is -2.89. The highest BCUT2D eigenvalue weighted by Gasteiger charge is 2.21. The Bertz CT molecular complexity index is 793. The minimum Gasteiger partial charge on any atom is -0.361 e. The summed E-state index contributed by atoms with van der Waals surface area (Å²) in [6.07, 6.45) is 4.82. The van der Waals surface area contributed by atoms with Crippen LogP contribution in [0.3, 0.4) is 0 Å². The van der Waals surface area contributed by atoms with Crippen LogP contribution in [-0.2, 0) is 16.1 Å². The fourth-order valence-electron chi connectivity index (χ4n) is 2.79. The summed E-state index contributed by atoms with van der Waals surface area (Å²) in [6.45, 7) is 2.99. The van der Waals surface area contributed by atoms with Crippen molar-refractivity contribution in [1.29, 1.82) is 0 Å². The van der Waals surface area contributed by atoms with Gasteiger partial charge in [0.1, 0.15) is 11.5 Å². The van der Waals surface area contributed by atoms with Crippen molar-refractivity contribution >= 4 is 23.6 Å². The van der Waals surface area contributed by atoms with Gasteiger partial charge in [0.2, 0.25) is 11.8 Å². The fourth-order valence-corrected chi connectivity index (χ4v) is 2.79. The van der Waals surface area contributed by atoms with E-state index in [4.69, 9.17) is 4.52 Å². The van der Waals surface area contributed by atoms with Gasteiger partial charge in [-0.1, -0.05) is 17.3 Å². The van der Waals surface area contributed by atoms with Gasteiger partial charge in [-0.15, -0.1) is 0 Å². The van der Waals surface area contributed by atoms with E-state index in [2.05, 4.69) is 5.16 Å². The van der Waals surface area contributed by atoms with Crippen molar-refractivity contribution in [3.63, 3.8) is 0 Å². The highest BCUT2D eigenvalue weighted by molar-refractivity contribution is 5.95. The standard InChI is InChI=1S/C19H21N3O3/c1-14-12-16(20-25-14)13-21(2)18(23)10-7-15-5-8-17(9-6-15)22-11-3-4-19(22)24/h5-10,12H,3-4,11,13H2,1-2H3. The van der Waals surface area contributed by atoms with Crippen LogP contribution in [0, 0.1) is 6.92 Å². The molecule has 1 aromatic carbocycles. The van der Waals surface area contributed by atoms with E-state index in [9.17, 15) is 9.59 Å². The van der Waals surface area contributed by atoms with Gasteiger partial charge in [0.05, 0.1) is 6.54 Å². The zero-order chi connectivity index (χ0) is 17.8. The van der Waals surface area contributed by atoms with E-state index >= 15 is 0 Å². The maximum Gasteiger partial charge on any atom is 0.246 e. The number of hydrogen-bond donors (Lipinski definition) is 0. The number of carbonyl (C=O) groups excluding carboxylic acids is 2. The Morgan fingerprint density at radius 2 is 2.12 bits per heavy atom. The lowest BCUT2D eigenvalue weighted by atomic mass is 10.2. The maximum atomic E-state index is 12.2. The normalized spacial score (nSPS) is 14.5. The molecular formula is C19H21N3O3. The van der Waals surface area contributed by atoms with Crippen molar-refractivity contribution < 1.29 is 14.1 Å². The van der Waals surface area contributed by atoms with Gasteiger partial charge in [0.25, 0.3) is 0 Å². The van der Waals surface area contributed by atoms with Gasteiger partial charge < -0.3 is 14.3 Å². The summed E-state index contributed by atoms with van der Waals surface area (Å²) in [6, 6.07) is 9.45. The average molecular weight is 339 g/mol. The number of amides is 2. The predicted octanol–water partition coefficient (Wildman–Crippen LogP) is 2.78. The third kappa shape index (κ3) is 4.15. The summed E-state index contributed by atoms with van der Waals surface area (Å²) >= 11 is 0. The van der Waals surface area contributed by atoms with E-state index in [0.717, 1.165) is 35.7 Å². The molecule has 25 heavy (non-hydrogen) atoms. The molecule has 6 heteroatoms. The molecule has 2 amide bonds. The van der Waals surface area contributed by atoms with E-state index in [0.29, 0.717) is 13.0 Å². The second kappa shape index (κ2) is 7.34. The van der Waals surface area contributed by atoms with Crippen LogP contribution in [-0.4, -0.2) is 35.5 Å². The number of aryl methyl sites for hydroxylation is 1. The summed E-state index contributed by atoms with van der Waals surface area (Å²) < 4.78 is 5.00. The smallest absolute Gasteiger partial charge is 0.246 e. The minimum absolute atomic E-state index is 0.112.